The van der Waals surface area contributed by atoms with Gasteiger partial charge in [0.15, 0.2) is 5.13 Å². The Morgan fingerprint density at radius 2 is 1.82 bits per heavy atom. The van der Waals surface area contributed by atoms with Gasteiger partial charge >= 0.3 is 11.9 Å². The molecule has 1 amide bonds. The van der Waals surface area contributed by atoms with Crippen LogP contribution >= 0.6 is 11.3 Å². The molecule has 0 saturated carbocycles. The quantitative estimate of drug-likeness (QED) is 0.117. The first-order chi connectivity index (χ1) is 18.8. The van der Waals surface area contributed by atoms with E-state index in [0.29, 0.717) is 41.5 Å². The molecule has 39 heavy (non-hydrogen) atoms. The number of aryl methyl sites for hydroxylation is 1. The Kier molecular flexibility index (Phi) is 8.65. The molecule has 1 saturated heterocycles. The van der Waals surface area contributed by atoms with E-state index in [-0.39, 0.29) is 21.3 Å². The number of ketones is 1. The predicted molar refractivity (Wildman–Crippen MR) is 147 cm³/mol. The highest BCUT2D eigenvalue weighted by molar-refractivity contribution is 7.17. The van der Waals surface area contributed by atoms with Gasteiger partial charge in [-0.3, -0.25) is 14.5 Å². The zero-order valence-electron chi connectivity index (χ0n) is 22.2. The molecule has 0 radical (unpaired) electrons. The number of esters is 1. The second-order valence-electron chi connectivity index (χ2n) is 8.80. The van der Waals surface area contributed by atoms with Crippen LogP contribution < -0.4 is 14.4 Å². The van der Waals surface area contributed by atoms with Gasteiger partial charge in [0, 0.05) is 5.56 Å². The van der Waals surface area contributed by atoms with Crippen molar-refractivity contribution in [2.45, 2.75) is 39.7 Å². The summed E-state index contributed by atoms with van der Waals surface area (Å²) in [6.07, 6.45) is 1.84. The number of thiazole rings is 1. The number of hydrogen-bond donors (Lipinski definition) is 1. The van der Waals surface area contributed by atoms with Crippen molar-refractivity contribution in [2.24, 2.45) is 0 Å². The lowest BCUT2D eigenvalue weighted by atomic mass is 9.95. The number of amides is 1. The number of ether oxygens (including phenoxy) is 3. The third-order valence-corrected chi connectivity index (χ3v) is 7.32. The molecule has 1 N–H and O–H groups in total. The van der Waals surface area contributed by atoms with Crippen LogP contribution in [0.25, 0.3) is 5.76 Å². The number of nitrogens with zero attached hydrogens (tertiary/aromatic N) is 2. The Balaban J connectivity index is 1.86. The normalized spacial score (nSPS) is 16.4. The molecule has 0 aliphatic carbocycles. The number of aliphatic hydroxyl groups is 1. The van der Waals surface area contributed by atoms with Gasteiger partial charge in [0.2, 0.25) is 0 Å². The van der Waals surface area contributed by atoms with E-state index in [2.05, 4.69) is 11.9 Å². The summed E-state index contributed by atoms with van der Waals surface area (Å²) in [5.74, 6) is -1.48. The number of carbonyl (C=O) groups is 3. The van der Waals surface area contributed by atoms with Crippen LogP contribution in [0.15, 0.2) is 54.1 Å². The second kappa shape index (κ2) is 12.1. The van der Waals surface area contributed by atoms with Crippen molar-refractivity contribution in [3.8, 4) is 11.5 Å². The van der Waals surface area contributed by atoms with E-state index < -0.39 is 23.7 Å². The highest BCUT2D eigenvalue weighted by atomic mass is 32.1. The van der Waals surface area contributed by atoms with Crippen molar-refractivity contribution < 1.29 is 33.7 Å². The minimum Gasteiger partial charge on any atom is -0.507 e. The SMILES string of the molecule is CCCCOc1cccc(C2/C(=C(\O)c3ccc(OCC)cc3)C(=O)C(=O)N2c2nc(C)c(C(=O)OC)s2)c1. The molecule has 3 aromatic rings. The number of methoxy groups -OCH3 is 1. The summed E-state index contributed by atoms with van der Waals surface area (Å²) in [6.45, 7) is 6.54. The van der Waals surface area contributed by atoms with Crippen LogP contribution in [0.2, 0.25) is 0 Å². The van der Waals surface area contributed by atoms with Crippen molar-refractivity contribution in [1.29, 1.82) is 0 Å². The number of carbonyl (C=O) groups excluding carboxylic acids is 3. The first-order valence-electron chi connectivity index (χ1n) is 12.6. The predicted octanol–water partition coefficient (Wildman–Crippen LogP) is 5.44. The lowest BCUT2D eigenvalue weighted by Crippen LogP contribution is -2.29. The summed E-state index contributed by atoms with van der Waals surface area (Å²) in [5, 5.41) is 11.5. The largest absolute Gasteiger partial charge is 0.507 e. The summed E-state index contributed by atoms with van der Waals surface area (Å²) >= 11 is 0.947. The van der Waals surface area contributed by atoms with E-state index >= 15 is 0 Å². The summed E-state index contributed by atoms with van der Waals surface area (Å²) < 4.78 is 16.2. The first kappa shape index (κ1) is 27.8. The van der Waals surface area contributed by atoms with Crippen LogP contribution in [0.4, 0.5) is 5.13 Å². The van der Waals surface area contributed by atoms with Crippen molar-refractivity contribution in [3.05, 3.63) is 75.8 Å². The number of rotatable bonds is 10. The van der Waals surface area contributed by atoms with Crippen molar-refractivity contribution in [1.82, 2.24) is 4.98 Å². The zero-order valence-corrected chi connectivity index (χ0v) is 23.0. The maximum absolute atomic E-state index is 13.5. The third kappa shape index (κ3) is 5.65. The Hall–Kier alpha value is -4.18. The van der Waals surface area contributed by atoms with Gasteiger partial charge in [-0.15, -0.1) is 0 Å². The van der Waals surface area contributed by atoms with Gasteiger partial charge in [-0.25, -0.2) is 9.78 Å². The van der Waals surface area contributed by atoms with E-state index in [0.717, 1.165) is 24.2 Å². The maximum atomic E-state index is 13.5. The lowest BCUT2D eigenvalue weighted by Gasteiger charge is -2.23. The number of aliphatic hydroxyl groups excluding tert-OH is 1. The molecule has 1 aromatic heterocycles. The Bertz CT molecular complexity index is 1410. The van der Waals surface area contributed by atoms with Gasteiger partial charge < -0.3 is 19.3 Å². The summed E-state index contributed by atoms with van der Waals surface area (Å²) in [5.41, 5.74) is 1.17. The highest BCUT2D eigenvalue weighted by Crippen LogP contribution is 2.44. The summed E-state index contributed by atoms with van der Waals surface area (Å²) in [7, 11) is 1.26. The number of hydrogen-bond acceptors (Lipinski definition) is 9. The molecule has 4 rings (SSSR count). The maximum Gasteiger partial charge on any atom is 0.350 e. The average molecular weight is 551 g/mol. The van der Waals surface area contributed by atoms with Crippen molar-refractivity contribution >= 4 is 39.9 Å². The van der Waals surface area contributed by atoms with Crippen molar-refractivity contribution in [2.75, 3.05) is 25.2 Å². The van der Waals surface area contributed by atoms with Gasteiger partial charge in [-0.05, 0) is 62.2 Å². The number of anilines is 1. The van der Waals surface area contributed by atoms with E-state index in [1.54, 1.807) is 55.5 Å². The van der Waals surface area contributed by atoms with Gasteiger partial charge in [0.05, 0.1) is 37.6 Å². The molecule has 1 fully saturated rings. The average Bonchev–Trinajstić information content (AvgIpc) is 3.45. The zero-order chi connectivity index (χ0) is 28.1. The monoisotopic (exact) mass is 550 g/mol. The van der Waals surface area contributed by atoms with E-state index in [1.807, 2.05) is 6.92 Å². The minimum atomic E-state index is -1.01. The first-order valence-corrected chi connectivity index (χ1v) is 13.4. The van der Waals surface area contributed by atoms with Gasteiger partial charge in [-0.1, -0.05) is 36.8 Å². The van der Waals surface area contributed by atoms with Gasteiger partial charge in [0.25, 0.3) is 5.78 Å². The molecule has 0 bridgehead atoms. The smallest absolute Gasteiger partial charge is 0.350 e. The standard InChI is InChI=1S/C29H30N2O7S/c1-5-7-15-38-21-10-8-9-19(16-21)23-22(24(32)18-11-13-20(14-12-18)37-6-2)25(33)27(34)31(23)29-30-17(3)26(39-29)28(35)36-4/h8-14,16,23,32H,5-7,15H2,1-4H3/b24-22+. The van der Waals surface area contributed by atoms with Crippen LogP contribution in [-0.2, 0) is 14.3 Å². The van der Waals surface area contributed by atoms with Crippen LogP contribution in [0.5, 0.6) is 11.5 Å². The van der Waals surface area contributed by atoms with E-state index in [9.17, 15) is 19.5 Å². The third-order valence-electron chi connectivity index (χ3n) is 6.19. The minimum absolute atomic E-state index is 0.0951. The molecule has 2 aromatic carbocycles. The molecular formula is C29H30N2O7S. The van der Waals surface area contributed by atoms with Crippen LogP contribution in [0.1, 0.15) is 59.2 Å². The summed E-state index contributed by atoms with van der Waals surface area (Å²) in [6, 6.07) is 12.6. The van der Waals surface area contributed by atoms with Crippen molar-refractivity contribution in [3.63, 3.8) is 0 Å². The molecular weight excluding hydrogens is 520 g/mol. The Morgan fingerprint density at radius 3 is 2.49 bits per heavy atom. The summed E-state index contributed by atoms with van der Waals surface area (Å²) in [4.78, 5) is 45.0. The molecule has 1 aliphatic heterocycles. The van der Waals surface area contributed by atoms with Gasteiger partial charge in [-0.2, -0.15) is 0 Å². The molecule has 1 aliphatic rings. The number of aromatic nitrogens is 1. The fourth-order valence-electron chi connectivity index (χ4n) is 4.25. The van der Waals surface area contributed by atoms with Crippen LogP contribution in [-0.4, -0.2) is 48.1 Å². The molecule has 0 spiro atoms. The Labute approximate surface area is 230 Å². The van der Waals surface area contributed by atoms with E-state index in [1.165, 1.54) is 12.0 Å². The topological polar surface area (TPSA) is 115 Å². The molecule has 10 heteroatoms. The molecule has 1 atom stereocenters. The lowest BCUT2D eigenvalue weighted by molar-refractivity contribution is -0.132. The number of Topliss-reactive ketones (excluding diaryl/α,β-unsaturated/α-hetero) is 1. The highest BCUT2D eigenvalue weighted by Gasteiger charge is 2.48. The van der Waals surface area contributed by atoms with Gasteiger partial charge in [0.1, 0.15) is 22.1 Å². The van der Waals surface area contributed by atoms with E-state index in [4.69, 9.17) is 14.2 Å². The fourth-order valence-corrected chi connectivity index (χ4v) is 5.26. The van der Waals surface area contributed by atoms with Crippen LogP contribution in [0, 0.1) is 6.92 Å². The number of unbranched alkanes of at least 4 members (excludes halogenated alkanes) is 1. The molecule has 1 unspecified atom stereocenters. The molecule has 204 valence electrons. The Morgan fingerprint density at radius 1 is 1.08 bits per heavy atom. The van der Waals surface area contributed by atoms with Crippen LogP contribution in [0.3, 0.4) is 0 Å². The molecule has 9 nitrogen and oxygen atoms in total. The number of benzene rings is 2. The fraction of sp³-hybridized carbons (Fsp3) is 0.310. The molecule has 2 heterocycles. The second-order valence-corrected chi connectivity index (χ2v) is 9.78.